The molecule has 28 heavy (non-hydrogen) atoms. The topological polar surface area (TPSA) is 71.8 Å². The maximum atomic E-state index is 13.3. The summed E-state index contributed by atoms with van der Waals surface area (Å²) in [7, 11) is 0. The number of fused-ring (bicyclic) bond motifs is 1. The van der Waals surface area contributed by atoms with Gasteiger partial charge in [0.1, 0.15) is 11.6 Å². The molecule has 0 spiro atoms. The van der Waals surface area contributed by atoms with Crippen LogP contribution in [0.4, 0.5) is 0 Å². The maximum absolute atomic E-state index is 13.3. The second-order valence-electron chi connectivity index (χ2n) is 8.40. The molecule has 2 heterocycles. The van der Waals surface area contributed by atoms with E-state index in [1.807, 2.05) is 30.7 Å². The fraction of sp³-hybridized carbons (Fsp3) is 0.348. The SMILES string of the molecule is CC(C)c1ccc(-n2nc(-c3ccco3)c3c2CC(C)(C)C(C#N)C3=O)cc1. The molecule has 0 radical (unpaired) electrons. The van der Waals surface area contributed by atoms with Crippen LogP contribution in [-0.2, 0) is 6.42 Å². The molecule has 1 aliphatic rings. The van der Waals surface area contributed by atoms with Crippen molar-refractivity contribution >= 4 is 5.78 Å². The summed E-state index contributed by atoms with van der Waals surface area (Å²) in [5.41, 5.74) is 3.54. The minimum absolute atomic E-state index is 0.176. The fourth-order valence-electron chi connectivity index (χ4n) is 3.94. The summed E-state index contributed by atoms with van der Waals surface area (Å²) >= 11 is 0. The Labute approximate surface area is 164 Å². The lowest BCUT2D eigenvalue weighted by Crippen LogP contribution is -2.37. The standard InChI is InChI=1S/C23H23N3O2/c1-14(2)15-7-9-16(10-8-15)26-18-12-23(3,4)17(13-24)22(27)20(18)21(25-26)19-6-5-11-28-19/h5-11,14,17H,12H2,1-4H3. The largest absolute Gasteiger partial charge is 0.463 e. The molecule has 5 nitrogen and oxygen atoms in total. The van der Waals surface area contributed by atoms with E-state index in [-0.39, 0.29) is 5.78 Å². The number of nitrogens with zero attached hydrogens (tertiary/aromatic N) is 3. The molecule has 0 aliphatic heterocycles. The van der Waals surface area contributed by atoms with Gasteiger partial charge in [-0.25, -0.2) is 4.68 Å². The van der Waals surface area contributed by atoms with E-state index >= 15 is 0 Å². The molecule has 1 unspecified atom stereocenters. The van der Waals surface area contributed by atoms with E-state index in [1.165, 1.54) is 5.56 Å². The first-order valence-electron chi connectivity index (χ1n) is 9.53. The van der Waals surface area contributed by atoms with Gasteiger partial charge in [-0.2, -0.15) is 10.4 Å². The highest BCUT2D eigenvalue weighted by atomic mass is 16.3. The van der Waals surface area contributed by atoms with Gasteiger partial charge in [-0.3, -0.25) is 4.79 Å². The molecule has 1 aromatic carbocycles. The minimum Gasteiger partial charge on any atom is -0.463 e. The van der Waals surface area contributed by atoms with Crippen molar-refractivity contribution in [2.24, 2.45) is 11.3 Å². The third kappa shape index (κ3) is 2.77. The Morgan fingerprint density at radius 3 is 2.54 bits per heavy atom. The van der Waals surface area contributed by atoms with Crippen LogP contribution < -0.4 is 0 Å². The second kappa shape index (κ2) is 6.49. The molecule has 0 saturated heterocycles. The summed E-state index contributed by atoms with van der Waals surface area (Å²) in [5, 5.41) is 14.4. The number of carbonyl (C=O) groups excluding carboxylic acids is 1. The first kappa shape index (κ1) is 18.2. The molecule has 0 saturated carbocycles. The summed E-state index contributed by atoms with van der Waals surface area (Å²) in [5.74, 6) is 0.106. The van der Waals surface area contributed by atoms with Crippen LogP contribution in [0.25, 0.3) is 17.1 Å². The predicted octanol–water partition coefficient (Wildman–Crippen LogP) is 5.16. The van der Waals surface area contributed by atoms with Gasteiger partial charge in [0.15, 0.2) is 11.5 Å². The number of rotatable bonds is 3. The Morgan fingerprint density at radius 1 is 1.25 bits per heavy atom. The van der Waals surface area contributed by atoms with Gasteiger partial charge < -0.3 is 4.42 Å². The van der Waals surface area contributed by atoms with Crippen molar-refractivity contribution in [3.8, 4) is 23.2 Å². The minimum atomic E-state index is -0.699. The average Bonchev–Trinajstić information content (AvgIpc) is 3.29. The Kier molecular flexibility index (Phi) is 4.23. The molecule has 0 amide bonds. The number of benzene rings is 1. The maximum Gasteiger partial charge on any atom is 0.184 e. The molecular weight excluding hydrogens is 350 g/mol. The van der Waals surface area contributed by atoms with Crippen molar-refractivity contribution in [2.45, 2.75) is 40.0 Å². The summed E-state index contributed by atoms with van der Waals surface area (Å²) in [6.45, 7) is 8.24. The monoisotopic (exact) mass is 373 g/mol. The zero-order valence-electron chi connectivity index (χ0n) is 16.6. The number of hydrogen-bond donors (Lipinski definition) is 0. The lowest BCUT2D eigenvalue weighted by molar-refractivity contribution is 0.0835. The average molecular weight is 373 g/mol. The van der Waals surface area contributed by atoms with E-state index < -0.39 is 11.3 Å². The van der Waals surface area contributed by atoms with Gasteiger partial charge in [-0.05, 0) is 47.6 Å². The molecule has 3 aromatic rings. The predicted molar refractivity (Wildman–Crippen MR) is 106 cm³/mol. The zero-order chi connectivity index (χ0) is 20.1. The molecule has 0 bridgehead atoms. The van der Waals surface area contributed by atoms with Crippen molar-refractivity contribution in [3.63, 3.8) is 0 Å². The lowest BCUT2D eigenvalue weighted by atomic mass is 9.68. The first-order chi connectivity index (χ1) is 13.3. The van der Waals surface area contributed by atoms with Crippen molar-refractivity contribution in [1.82, 2.24) is 9.78 Å². The van der Waals surface area contributed by atoms with Crippen molar-refractivity contribution in [3.05, 3.63) is 59.5 Å². The highest BCUT2D eigenvalue weighted by molar-refractivity contribution is 6.06. The number of aromatic nitrogens is 2. The van der Waals surface area contributed by atoms with Crippen molar-refractivity contribution in [1.29, 1.82) is 5.26 Å². The zero-order valence-corrected chi connectivity index (χ0v) is 16.6. The van der Waals surface area contributed by atoms with Crippen LogP contribution in [0, 0.1) is 22.7 Å². The molecule has 4 rings (SSSR count). The van der Waals surface area contributed by atoms with E-state index in [0.29, 0.717) is 29.4 Å². The number of ketones is 1. The van der Waals surface area contributed by atoms with Crippen LogP contribution in [0.15, 0.2) is 47.1 Å². The Morgan fingerprint density at radius 2 is 1.96 bits per heavy atom. The quantitative estimate of drug-likeness (QED) is 0.636. The van der Waals surface area contributed by atoms with Crippen LogP contribution in [0.2, 0.25) is 0 Å². The second-order valence-corrected chi connectivity index (χ2v) is 8.40. The number of hydrogen-bond acceptors (Lipinski definition) is 4. The van der Waals surface area contributed by atoms with E-state index in [2.05, 4.69) is 32.0 Å². The number of carbonyl (C=O) groups is 1. The number of Topliss-reactive ketones (excluding diaryl/α,β-unsaturated/α-hetero) is 1. The van der Waals surface area contributed by atoms with Gasteiger partial charge in [-0.15, -0.1) is 0 Å². The van der Waals surface area contributed by atoms with Gasteiger partial charge in [0.05, 0.1) is 29.3 Å². The van der Waals surface area contributed by atoms with Crippen LogP contribution in [-0.4, -0.2) is 15.6 Å². The van der Waals surface area contributed by atoms with Crippen LogP contribution >= 0.6 is 0 Å². The highest BCUT2D eigenvalue weighted by Crippen LogP contribution is 2.43. The van der Waals surface area contributed by atoms with E-state index in [4.69, 9.17) is 9.52 Å². The molecule has 142 valence electrons. The van der Waals surface area contributed by atoms with Gasteiger partial charge in [0.2, 0.25) is 0 Å². The van der Waals surface area contributed by atoms with Gasteiger partial charge in [0, 0.05) is 0 Å². The van der Waals surface area contributed by atoms with Crippen LogP contribution in [0.3, 0.4) is 0 Å². The third-order valence-electron chi connectivity index (χ3n) is 5.58. The van der Waals surface area contributed by atoms with E-state index in [0.717, 1.165) is 11.4 Å². The molecule has 5 heteroatoms. The smallest absolute Gasteiger partial charge is 0.184 e. The summed E-state index contributed by atoms with van der Waals surface area (Å²) in [6, 6.07) is 14.0. The Bertz CT molecular complexity index is 1060. The van der Waals surface area contributed by atoms with Crippen molar-refractivity contribution < 1.29 is 9.21 Å². The van der Waals surface area contributed by atoms with Gasteiger partial charge in [0.25, 0.3) is 0 Å². The Balaban J connectivity index is 1.93. The Hall–Kier alpha value is -3.13. The molecule has 2 aromatic heterocycles. The van der Waals surface area contributed by atoms with E-state index in [9.17, 15) is 10.1 Å². The first-order valence-corrected chi connectivity index (χ1v) is 9.53. The molecule has 0 fully saturated rings. The van der Waals surface area contributed by atoms with Crippen LogP contribution in [0.1, 0.15) is 55.2 Å². The van der Waals surface area contributed by atoms with Gasteiger partial charge in [-0.1, -0.05) is 39.8 Å². The molecule has 1 aliphatic carbocycles. The normalized spacial score (nSPS) is 18.1. The van der Waals surface area contributed by atoms with Gasteiger partial charge >= 0.3 is 0 Å². The molecule has 1 atom stereocenters. The number of nitriles is 1. The van der Waals surface area contributed by atoms with Crippen molar-refractivity contribution in [2.75, 3.05) is 0 Å². The lowest BCUT2D eigenvalue weighted by Gasteiger charge is -2.33. The van der Waals surface area contributed by atoms with E-state index in [1.54, 1.807) is 18.4 Å². The highest BCUT2D eigenvalue weighted by Gasteiger charge is 2.45. The summed E-state index contributed by atoms with van der Waals surface area (Å²) in [6.07, 6.45) is 2.16. The third-order valence-corrected chi connectivity index (χ3v) is 5.58. The summed E-state index contributed by atoms with van der Waals surface area (Å²) < 4.78 is 7.38. The fourth-order valence-corrected chi connectivity index (χ4v) is 3.94. The number of furan rings is 1. The molecule has 0 N–H and O–H groups in total. The molecular formula is C23H23N3O2. The summed E-state index contributed by atoms with van der Waals surface area (Å²) in [4.78, 5) is 13.3. The van der Waals surface area contributed by atoms with Crippen LogP contribution in [0.5, 0.6) is 0 Å².